The average Bonchev–Trinajstić information content (AvgIpc) is 3.32. The van der Waals surface area contributed by atoms with Crippen molar-refractivity contribution in [1.29, 1.82) is 0 Å². The Hall–Kier alpha value is -4.62. The maximum absolute atomic E-state index is 14.5. The number of carboxylic acids is 1. The molecular weight excluding hydrogens is 544 g/mol. The molecule has 8 nitrogen and oxygen atoms in total. The molecule has 3 heterocycles. The first-order valence-corrected chi connectivity index (χ1v) is 11.7. The lowest BCUT2D eigenvalue weighted by molar-refractivity contribution is -0.145. The topological polar surface area (TPSA) is 100 Å². The number of halogens is 6. The maximum Gasteiger partial charge on any atom is 0.416 e. The number of anilines is 2. The third-order valence-corrected chi connectivity index (χ3v) is 6.59. The van der Waals surface area contributed by atoms with Crippen LogP contribution in [0, 0.1) is 0 Å². The molecule has 0 saturated carbocycles. The van der Waals surface area contributed by atoms with E-state index in [-0.39, 0.29) is 25.1 Å². The van der Waals surface area contributed by atoms with Crippen molar-refractivity contribution in [3.8, 4) is 0 Å². The van der Waals surface area contributed by atoms with Gasteiger partial charge < -0.3 is 15.3 Å². The fourth-order valence-corrected chi connectivity index (χ4v) is 4.70. The minimum Gasteiger partial charge on any atom is -0.478 e. The lowest BCUT2D eigenvalue weighted by Crippen LogP contribution is -2.32. The second kappa shape index (κ2) is 9.54. The first-order chi connectivity index (χ1) is 18.8. The SMILES string of the molecule is Cn1c(N2Cc3ccccc3C2)nc2c([C@H](Nc3ncccc3C(=O)O)C(F)(F)F)cc(C(F)(F)F)cc2c1=O. The summed E-state index contributed by atoms with van der Waals surface area (Å²) in [6.07, 6.45) is -9.32. The maximum atomic E-state index is 14.5. The molecule has 2 N–H and O–H groups in total. The van der Waals surface area contributed by atoms with Crippen LogP contribution < -0.4 is 15.8 Å². The fourth-order valence-electron chi connectivity index (χ4n) is 4.70. The van der Waals surface area contributed by atoms with Crippen molar-refractivity contribution in [1.82, 2.24) is 14.5 Å². The molecule has 0 fully saturated rings. The van der Waals surface area contributed by atoms with Crippen LogP contribution in [0.2, 0.25) is 0 Å². The Labute approximate surface area is 221 Å². The van der Waals surface area contributed by atoms with Crippen molar-refractivity contribution < 1.29 is 36.2 Å². The number of hydrogen-bond acceptors (Lipinski definition) is 6. The molecule has 5 rings (SSSR count). The molecule has 4 aromatic rings. The van der Waals surface area contributed by atoms with Crippen LogP contribution in [0.3, 0.4) is 0 Å². The minimum absolute atomic E-state index is 0.0419. The van der Waals surface area contributed by atoms with Crippen molar-refractivity contribution in [2.24, 2.45) is 7.05 Å². The summed E-state index contributed by atoms with van der Waals surface area (Å²) in [7, 11) is 1.28. The summed E-state index contributed by atoms with van der Waals surface area (Å²) in [5.74, 6) is -2.37. The molecular formula is C26H19F6N5O3. The van der Waals surface area contributed by atoms with Gasteiger partial charge in [-0.15, -0.1) is 0 Å². The van der Waals surface area contributed by atoms with Gasteiger partial charge in [-0.3, -0.25) is 9.36 Å². The number of fused-ring (bicyclic) bond motifs is 2. The zero-order chi connectivity index (χ0) is 29.0. The van der Waals surface area contributed by atoms with Gasteiger partial charge in [0.2, 0.25) is 5.95 Å². The summed E-state index contributed by atoms with van der Waals surface area (Å²) in [6.45, 7) is 0.545. The molecule has 40 heavy (non-hydrogen) atoms. The standard InChI is InChI=1S/C26H19F6N5O3/c1-36-22(38)18-10-15(25(27,28)29)9-17(19(18)34-24(36)37-11-13-5-2-3-6-14(13)12-37)20(26(30,31)32)35-21-16(23(39)40)7-4-8-33-21/h2-10,20H,11-12H2,1H3,(H,33,35)(H,39,40)/t20-/m0/s1. The van der Waals surface area contributed by atoms with Crippen molar-refractivity contribution in [3.63, 3.8) is 0 Å². The van der Waals surface area contributed by atoms with E-state index in [4.69, 9.17) is 0 Å². The van der Waals surface area contributed by atoms with Crippen molar-refractivity contribution in [2.75, 3.05) is 10.2 Å². The normalized spacial score (nSPS) is 14.3. The highest BCUT2D eigenvalue weighted by Gasteiger charge is 2.45. The average molecular weight is 563 g/mol. The smallest absolute Gasteiger partial charge is 0.416 e. The van der Waals surface area contributed by atoms with E-state index in [1.165, 1.54) is 13.1 Å². The quantitative estimate of drug-likeness (QED) is 0.319. The lowest BCUT2D eigenvalue weighted by atomic mass is 9.98. The van der Waals surface area contributed by atoms with Crippen LogP contribution in [0.25, 0.3) is 10.9 Å². The van der Waals surface area contributed by atoms with Gasteiger partial charge in [-0.05, 0) is 35.4 Å². The second-order valence-electron chi connectivity index (χ2n) is 9.18. The first kappa shape index (κ1) is 27.0. The molecule has 0 saturated heterocycles. The zero-order valence-electron chi connectivity index (χ0n) is 20.5. The highest BCUT2D eigenvalue weighted by molar-refractivity contribution is 5.93. The number of aromatic nitrogens is 3. The molecule has 0 amide bonds. The Balaban J connectivity index is 1.75. The molecule has 1 aliphatic rings. The Morgan fingerprint density at radius 3 is 2.25 bits per heavy atom. The van der Waals surface area contributed by atoms with Gasteiger partial charge in [-0.1, -0.05) is 24.3 Å². The summed E-state index contributed by atoms with van der Waals surface area (Å²) in [4.78, 5) is 34.5. The minimum atomic E-state index is -5.25. The molecule has 0 spiro atoms. The van der Waals surface area contributed by atoms with E-state index >= 15 is 0 Å². The first-order valence-electron chi connectivity index (χ1n) is 11.7. The van der Waals surface area contributed by atoms with E-state index in [1.54, 1.807) is 17.0 Å². The van der Waals surface area contributed by atoms with Gasteiger partial charge in [0.05, 0.1) is 16.5 Å². The summed E-state index contributed by atoms with van der Waals surface area (Å²) in [5.41, 5.74) is -2.92. The molecule has 0 radical (unpaired) electrons. The molecule has 1 aliphatic heterocycles. The van der Waals surface area contributed by atoms with E-state index in [0.717, 1.165) is 28.0 Å². The second-order valence-corrected chi connectivity index (χ2v) is 9.18. The number of hydrogen-bond donors (Lipinski definition) is 2. The molecule has 2 aromatic heterocycles. The highest BCUT2D eigenvalue weighted by atomic mass is 19.4. The molecule has 0 bridgehead atoms. The predicted octanol–water partition coefficient (Wildman–Crippen LogP) is 5.28. The van der Waals surface area contributed by atoms with E-state index in [0.29, 0.717) is 6.07 Å². The Morgan fingerprint density at radius 2 is 1.68 bits per heavy atom. The summed E-state index contributed by atoms with van der Waals surface area (Å²) < 4.78 is 86.0. The molecule has 0 aliphatic carbocycles. The van der Waals surface area contributed by atoms with E-state index in [1.807, 2.05) is 17.4 Å². The molecule has 2 aromatic carbocycles. The summed E-state index contributed by atoms with van der Waals surface area (Å²) in [6, 6.07) is 7.30. The third-order valence-electron chi connectivity index (χ3n) is 6.59. The van der Waals surface area contributed by atoms with Crippen LogP contribution in [-0.4, -0.2) is 31.8 Å². The van der Waals surface area contributed by atoms with Gasteiger partial charge in [0, 0.05) is 31.9 Å². The van der Waals surface area contributed by atoms with Gasteiger partial charge in [-0.2, -0.15) is 26.3 Å². The Bertz CT molecular complexity index is 1670. The van der Waals surface area contributed by atoms with Crippen LogP contribution in [-0.2, 0) is 26.3 Å². The molecule has 0 unspecified atom stereocenters. The fraction of sp³-hybridized carbons (Fsp3) is 0.231. The lowest BCUT2D eigenvalue weighted by Gasteiger charge is -2.26. The largest absolute Gasteiger partial charge is 0.478 e. The van der Waals surface area contributed by atoms with Crippen molar-refractivity contribution in [2.45, 2.75) is 31.5 Å². The number of benzene rings is 2. The number of carboxylic acid groups (broad SMARTS) is 1. The van der Waals surface area contributed by atoms with Crippen LogP contribution in [0.4, 0.5) is 38.1 Å². The van der Waals surface area contributed by atoms with Crippen molar-refractivity contribution in [3.05, 3.63) is 92.9 Å². The van der Waals surface area contributed by atoms with Crippen LogP contribution in [0.5, 0.6) is 0 Å². The number of nitrogens with zero attached hydrogens (tertiary/aromatic N) is 4. The van der Waals surface area contributed by atoms with E-state index in [9.17, 15) is 41.0 Å². The monoisotopic (exact) mass is 563 g/mol. The summed E-state index contributed by atoms with van der Waals surface area (Å²) in [5, 5.41) is 10.7. The Kier molecular flexibility index (Phi) is 6.43. The van der Waals surface area contributed by atoms with Crippen LogP contribution in [0.15, 0.2) is 59.5 Å². The number of rotatable bonds is 5. The van der Waals surface area contributed by atoms with Gasteiger partial charge >= 0.3 is 18.3 Å². The number of pyridine rings is 1. The number of carbonyl (C=O) groups is 1. The van der Waals surface area contributed by atoms with Gasteiger partial charge in [0.25, 0.3) is 5.56 Å². The molecule has 1 atom stereocenters. The van der Waals surface area contributed by atoms with Crippen LogP contribution in [0.1, 0.15) is 38.7 Å². The van der Waals surface area contributed by atoms with Gasteiger partial charge in [0.15, 0.2) is 6.04 Å². The zero-order valence-corrected chi connectivity index (χ0v) is 20.5. The number of nitrogens with one attached hydrogen (secondary N) is 1. The molecule has 14 heteroatoms. The Morgan fingerprint density at radius 1 is 1.02 bits per heavy atom. The number of alkyl halides is 6. The van der Waals surface area contributed by atoms with Gasteiger partial charge in [-0.25, -0.2) is 14.8 Å². The molecule has 208 valence electrons. The van der Waals surface area contributed by atoms with E-state index in [2.05, 4.69) is 9.97 Å². The summed E-state index contributed by atoms with van der Waals surface area (Å²) >= 11 is 0. The highest BCUT2D eigenvalue weighted by Crippen LogP contribution is 2.42. The van der Waals surface area contributed by atoms with Crippen molar-refractivity contribution >= 4 is 28.6 Å². The van der Waals surface area contributed by atoms with E-state index < -0.39 is 63.3 Å². The van der Waals surface area contributed by atoms with Crippen LogP contribution >= 0.6 is 0 Å². The van der Waals surface area contributed by atoms with Gasteiger partial charge in [0.1, 0.15) is 11.4 Å². The third kappa shape index (κ3) is 4.80. The predicted molar refractivity (Wildman–Crippen MR) is 132 cm³/mol. The number of aromatic carboxylic acids is 1.